The number of carbonyl (C=O) groups excluding carboxylic acids is 1. The van der Waals surface area contributed by atoms with Crippen LogP contribution in [0.3, 0.4) is 0 Å². The standard InChI is InChI=1S/C21H19ClN2O3S/c1-24(15-16-6-5-7-18(22)14-16)21(25)17-10-12-20(13-11-17)28(26,27)23-19-8-3-2-4-9-19/h2-14,23H,15H2,1H3. The van der Waals surface area contributed by atoms with Crippen LogP contribution in [0.1, 0.15) is 15.9 Å². The second kappa shape index (κ2) is 8.46. The number of para-hydroxylation sites is 1. The Morgan fingerprint density at radius 2 is 1.64 bits per heavy atom. The summed E-state index contributed by atoms with van der Waals surface area (Å²) in [6, 6.07) is 21.8. The number of nitrogens with zero attached hydrogens (tertiary/aromatic N) is 1. The quantitative estimate of drug-likeness (QED) is 0.649. The van der Waals surface area contributed by atoms with Gasteiger partial charge in [0.25, 0.3) is 15.9 Å². The van der Waals surface area contributed by atoms with Crippen LogP contribution in [0, 0.1) is 0 Å². The van der Waals surface area contributed by atoms with Gasteiger partial charge in [-0.2, -0.15) is 0 Å². The van der Waals surface area contributed by atoms with E-state index in [1.54, 1.807) is 54.4 Å². The fraction of sp³-hybridized carbons (Fsp3) is 0.0952. The molecule has 28 heavy (non-hydrogen) atoms. The summed E-state index contributed by atoms with van der Waals surface area (Å²) < 4.78 is 27.4. The Kier molecular flexibility index (Phi) is 6.02. The Hall–Kier alpha value is -2.83. The summed E-state index contributed by atoms with van der Waals surface area (Å²) in [5.74, 6) is -0.208. The van der Waals surface area contributed by atoms with Gasteiger partial charge in [0.15, 0.2) is 0 Å². The van der Waals surface area contributed by atoms with E-state index in [9.17, 15) is 13.2 Å². The predicted molar refractivity (Wildman–Crippen MR) is 111 cm³/mol. The SMILES string of the molecule is CN(Cc1cccc(Cl)c1)C(=O)c1ccc(S(=O)(=O)Nc2ccccc2)cc1. The van der Waals surface area contributed by atoms with E-state index in [2.05, 4.69) is 4.72 Å². The molecule has 0 fully saturated rings. The summed E-state index contributed by atoms with van der Waals surface area (Å²) in [5.41, 5.74) is 1.79. The summed E-state index contributed by atoms with van der Waals surface area (Å²) >= 11 is 5.98. The van der Waals surface area contributed by atoms with Crippen molar-refractivity contribution in [2.45, 2.75) is 11.4 Å². The molecule has 0 atom stereocenters. The van der Waals surface area contributed by atoms with Crippen molar-refractivity contribution >= 4 is 33.2 Å². The smallest absolute Gasteiger partial charge is 0.261 e. The maximum absolute atomic E-state index is 12.6. The number of anilines is 1. The van der Waals surface area contributed by atoms with Crippen molar-refractivity contribution in [1.82, 2.24) is 4.90 Å². The Morgan fingerprint density at radius 3 is 2.29 bits per heavy atom. The molecule has 1 amide bonds. The molecule has 0 heterocycles. The molecule has 3 rings (SSSR count). The van der Waals surface area contributed by atoms with Gasteiger partial charge in [0.05, 0.1) is 4.90 Å². The van der Waals surface area contributed by atoms with E-state index in [-0.39, 0.29) is 10.8 Å². The van der Waals surface area contributed by atoms with Crippen LogP contribution in [-0.2, 0) is 16.6 Å². The van der Waals surface area contributed by atoms with Crippen molar-refractivity contribution in [2.75, 3.05) is 11.8 Å². The van der Waals surface area contributed by atoms with Crippen molar-refractivity contribution < 1.29 is 13.2 Å². The van der Waals surface area contributed by atoms with E-state index in [1.165, 1.54) is 24.3 Å². The number of hydrogen-bond donors (Lipinski definition) is 1. The topological polar surface area (TPSA) is 66.5 Å². The Morgan fingerprint density at radius 1 is 0.964 bits per heavy atom. The van der Waals surface area contributed by atoms with Crippen LogP contribution in [0.5, 0.6) is 0 Å². The van der Waals surface area contributed by atoms with Gasteiger partial charge in [0.2, 0.25) is 0 Å². The van der Waals surface area contributed by atoms with Gasteiger partial charge in [-0.25, -0.2) is 8.42 Å². The van der Waals surface area contributed by atoms with E-state index >= 15 is 0 Å². The van der Waals surface area contributed by atoms with E-state index in [1.807, 2.05) is 12.1 Å². The lowest BCUT2D eigenvalue weighted by molar-refractivity contribution is 0.0785. The fourth-order valence-corrected chi connectivity index (χ4v) is 3.97. The Labute approximate surface area is 169 Å². The third-order valence-corrected chi connectivity index (χ3v) is 5.73. The molecule has 0 saturated heterocycles. The maximum atomic E-state index is 12.6. The maximum Gasteiger partial charge on any atom is 0.261 e. The van der Waals surface area contributed by atoms with E-state index in [4.69, 9.17) is 11.6 Å². The number of rotatable bonds is 6. The second-order valence-electron chi connectivity index (χ2n) is 6.29. The molecular formula is C21H19ClN2O3S. The van der Waals surface area contributed by atoms with Gasteiger partial charge in [-0.1, -0.05) is 41.9 Å². The van der Waals surface area contributed by atoms with Crippen molar-refractivity contribution in [3.63, 3.8) is 0 Å². The zero-order valence-electron chi connectivity index (χ0n) is 15.2. The molecule has 5 nitrogen and oxygen atoms in total. The third-order valence-electron chi connectivity index (χ3n) is 4.09. The normalized spacial score (nSPS) is 11.1. The van der Waals surface area contributed by atoms with Crippen molar-refractivity contribution in [3.8, 4) is 0 Å². The second-order valence-corrected chi connectivity index (χ2v) is 8.41. The number of carbonyl (C=O) groups is 1. The van der Waals surface area contributed by atoms with Gasteiger partial charge < -0.3 is 4.90 Å². The monoisotopic (exact) mass is 414 g/mol. The van der Waals surface area contributed by atoms with E-state index < -0.39 is 10.0 Å². The van der Waals surface area contributed by atoms with Gasteiger partial charge in [0.1, 0.15) is 0 Å². The fourth-order valence-electron chi connectivity index (χ4n) is 2.70. The van der Waals surface area contributed by atoms with Crippen molar-refractivity contribution in [1.29, 1.82) is 0 Å². The molecule has 0 aliphatic heterocycles. The molecule has 0 unspecified atom stereocenters. The minimum Gasteiger partial charge on any atom is -0.337 e. The minimum atomic E-state index is -3.72. The van der Waals surface area contributed by atoms with Crippen LogP contribution < -0.4 is 4.72 Å². The first kappa shape index (κ1) is 19.9. The van der Waals surface area contributed by atoms with Crippen LogP contribution >= 0.6 is 11.6 Å². The minimum absolute atomic E-state index is 0.0883. The number of hydrogen-bond acceptors (Lipinski definition) is 3. The first-order valence-corrected chi connectivity index (χ1v) is 10.4. The van der Waals surface area contributed by atoms with Crippen LogP contribution in [0.4, 0.5) is 5.69 Å². The summed E-state index contributed by atoms with van der Waals surface area (Å²) in [6.07, 6.45) is 0. The van der Waals surface area contributed by atoms with Gasteiger partial charge in [0, 0.05) is 29.9 Å². The number of benzene rings is 3. The zero-order valence-corrected chi connectivity index (χ0v) is 16.7. The average molecular weight is 415 g/mol. The molecule has 0 aliphatic rings. The summed E-state index contributed by atoms with van der Waals surface area (Å²) in [5, 5.41) is 0.610. The van der Waals surface area contributed by atoms with Crippen molar-refractivity contribution in [2.24, 2.45) is 0 Å². The summed E-state index contributed by atoms with van der Waals surface area (Å²) in [6.45, 7) is 0.398. The van der Waals surface area contributed by atoms with Gasteiger partial charge in [-0.3, -0.25) is 9.52 Å². The first-order valence-electron chi connectivity index (χ1n) is 8.53. The molecule has 7 heteroatoms. The molecule has 1 N–H and O–H groups in total. The lowest BCUT2D eigenvalue weighted by atomic mass is 10.1. The number of nitrogens with one attached hydrogen (secondary N) is 1. The number of amides is 1. The number of sulfonamides is 1. The predicted octanol–water partition coefficient (Wildman–Crippen LogP) is 4.41. The molecule has 144 valence electrons. The largest absolute Gasteiger partial charge is 0.337 e. The van der Waals surface area contributed by atoms with Crippen LogP contribution in [-0.4, -0.2) is 26.3 Å². The van der Waals surface area contributed by atoms with E-state index in [0.29, 0.717) is 22.8 Å². The molecule has 3 aromatic rings. The highest BCUT2D eigenvalue weighted by Gasteiger charge is 2.17. The van der Waals surface area contributed by atoms with Gasteiger partial charge >= 0.3 is 0 Å². The third kappa shape index (κ3) is 4.91. The zero-order chi connectivity index (χ0) is 20.1. The van der Waals surface area contributed by atoms with Gasteiger partial charge in [-0.15, -0.1) is 0 Å². The van der Waals surface area contributed by atoms with Crippen LogP contribution in [0.15, 0.2) is 83.8 Å². The molecule has 0 aromatic heterocycles. The molecule has 0 spiro atoms. The highest BCUT2D eigenvalue weighted by Crippen LogP contribution is 2.18. The first-order chi connectivity index (χ1) is 13.3. The van der Waals surface area contributed by atoms with Crippen molar-refractivity contribution in [3.05, 3.63) is 95.0 Å². The highest BCUT2D eigenvalue weighted by molar-refractivity contribution is 7.92. The average Bonchev–Trinajstić information content (AvgIpc) is 2.68. The lowest BCUT2D eigenvalue weighted by Gasteiger charge is -2.18. The lowest BCUT2D eigenvalue weighted by Crippen LogP contribution is -2.26. The number of halogens is 1. The van der Waals surface area contributed by atoms with Gasteiger partial charge in [-0.05, 0) is 54.1 Å². The van der Waals surface area contributed by atoms with Crippen LogP contribution in [0.25, 0.3) is 0 Å². The molecule has 0 bridgehead atoms. The highest BCUT2D eigenvalue weighted by atomic mass is 35.5. The molecule has 0 radical (unpaired) electrons. The molecular weight excluding hydrogens is 396 g/mol. The van der Waals surface area contributed by atoms with E-state index in [0.717, 1.165) is 5.56 Å². The summed E-state index contributed by atoms with van der Waals surface area (Å²) in [4.78, 5) is 14.3. The molecule has 0 aliphatic carbocycles. The summed E-state index contributed by atoms with van der Waals surface area (Å²) in [7, 11) is -2.03. The molecule has 0 saturated carbocycles. The Bertz CT molecular complexity index is 1070. The molecule has 3 aromatic carbocycles. The van der Waals surface area contributed by atoms with Crippen LogP contribution in [0.2, 0.25) is 5.02 Å². The Balaban J connectivity index is 1.71.